The molecule has 9 atom stereocenters. The van der Waals surface area contributed by atoms with E-state index in [1.165, 1.54) is 0 Å². The number of amides is 5. The molecule has 60 heavy (non-hydrogen) atoms. The Balaban J connectivity index is 2.31. The summed E-state index contributed by atoms with van der Waals surface area (Å²) in [5.74, 6) is -2.06. The Morgan fingerprint density at radius 3 is 1.98 bits per heavy atom. The van der Waals surface area contributed by atoms with E-state index in [1.807, 2.05) is 117 Å². The zero-order valence-corrected chi connectivity index (χ0v) is 39.6. The Bertz CT molecular complexity index is 1490. The van der Waals surface area contributed by atoms with Crippen LogP contribution in [0, 0.1) is 23.7 Å². The number of nitrogens with one attached hydrogen (secondary N) is 3. The molecule has 1 saturated heterocycles. The number of hydrogen-bond donors (Lipinski definition) is 3. The van der Waals surface area contributed by atoms with Crippen molar-refractivity contribution in [3.05, 3.63) is 35.9 Å². The van der Waals surface area contributed by atoms with E-state index in [-0.39, 0.29) is 65.8 Å². The van der Waals surface area contributed by atoms with Crippen molar-refractivity contribution >= 4 is 29.5 Å². The Kier molecular flexibility index (Phi) is 22.2. The van der Waals surface area contributed by atoms with Crippen molar-refractivity contribution in [2.24, 2.45) is 23.7 Å². The van der Waals surface area contributed by atoms with Crippen LogP contribution >= 0.6 is 0 Å². The second kappa shape index (κ2) is 25.4. The molecule has 1 aliphatic rings. The van der Waals surface area contributed by atoms with E-state index >= 15 is 0 Å². The summed E-state index contributed by atoms with van der Waals surface area (Å²) in [5.41, 5.74) is 0.920. The van der Waals surface area contributed by atoms with Crippen LogP contribution in [0.2, 0.25) is 0 Å². The average molecular weight is 844 g/mol. The van der Waals surface area contributed by atoms with Gasteiger partial charge in [0.25, 0.3) is 0 Å². The molecular formula is C46H81N7O7. The zero-order valence-electron chi connectivity index (χ0n) is 39.6. The number of ether oxygens (including phenoxy) is 2. The van der Waals surface area contributed by atoms with Gasteiger partial charge < -0.3 is 40.1 Å². The number of carbonyl (C=O) groups is 5. The van der Waals surface area contributed by atoms with E-state index in [1.54, 1.807) is 38.0 Å². The van der Waals surface area contributed by atoms with Gasteiger partial charge in [0.05, 0.1) is 42.7 Å². The molecule has 342 valence electrons. The van der Waals surface area contributed by atoms with Crippen molar-refractivity contribution in [3.8, 4) is 0 Å². The van der Waals surface area contributed by atoms with Gasteiger partial charge in [-0.05, 0) is 71.1 Å². The highest BCUT2D eigenvalue weighted by atomic mass is 16.5. The van der Waals surface area contributed by atoms with Gasteiger partial charge in [0.2, 0.25) is 29.5 Å². The zero-order chi connectivity index (χ0) is 45.4. The second-order valence-electron chi connectivity index (χ2n) is 18.1. The Hall–Kier alpha value is -3.59. The van der Waals surface area contributed by atoms with E-state index < -0.39 is 42.3 Å². The molecule has 2 rings (SSSR count). The highest BCUT2D eigenvalue weighted by Gasteiger charge is 2.43. The molecule has 1 heterocycles. The molecule has 1 unspecified atom stereocenters. The molecule has 0 radical (unpaired) electrons. The second-order valence-corrected chi connectivity index (χ2v) is 18.1. The van der Waals surface area contributed by atoms with Gasteiger partial charge >= 0.3 is 0 Å². The molecule has 1 aromatic carbocycles. The molecule has 1 aromatic rings. The van der Waals surface area contributed by atoms with E-state index in [4.69, 9.17) is 9.47 Å². The summed E-state index contributed by atoms with van der Waals surface area (Å²) in [4.78, 5) is 77.4. The van der Waals surface area contributed by atoms with Gasteiger partial charge in [-0.1, -0.05) is 85.2 Å². The summed E-state index contributed by atoms with van der Waals surface area (Å²) in [6.07, 6.45) is 1.16. The molecule has 3 N–H and O–H groups in total. The van der Waals surface area contributed by atoms with Crippen LogP contribution in [0.25, 0.3) is 0 Å². The van der Waals surface area contributed by atoms with Crippen molar-refractivity contribution < 1.29 is 33.4 Å². The number of methoxy groups -OCH3 is 2. The fourth-order valence-electron chi connectivity index (χ4n) is 8.45. The fraction of sp³-hybridized carbons (Fsp3) is 0.761. The summed E-state index contributed by atoms with van der Waals surface area (Å²) < 4.78 is 12.1. The molecule has 0 saturated carbocycles. The molecule has 0 aromatic heterocycles. The minimum atomic E-state index is -0.801. The lowest BCUT2D eigenvalue weighted by Gasteiger charge is -2.41. The van der Waals surface area contributed by atoms with Gasteiger partial charge in [-0.3, -0.25) is 28.9 Å². The summed E-state index contributed by atoms with van der Waals surface area (Å²) >= 11 is 0. The number of nitrogens with zero attached hydrogens (tertiary/aromatic N) is 4. The van der Waals surface area contributed by atoms with Crippen LogP contribution in [0.5, 0.6) is 0 Å². The fourth-order valence-corrected chi connectivity index (χ4v) is 8.45. The van der Waals surface area contributed by atoms with E-state index in [2.05, 4.69) is 16.0 Å². The summed E-state index contributed by atoms with van der Waals surface area (Å²) in [6, 6.07) is 6.86. The number of hydrogen-bond acceptors (Lipinski definition) is 9. The smallest absolute Gasteiger partial charge is 0.245 e. The van der Waals surface area contributed by atoms with Gasteiger partial charge in [0.1, 0.15) is 12.1 Å². The standard InChI is InChI=1S/C46H81N7O7/c1-16-32(8)41(52(13)46(58)39(29(2)3)49-45(57)40(30(4)5)51(12)31(6)7)37(59-14)28-38(54)53-25-20-23-36(53)42(60-15)33(9)43(55)48-35(27-34-21-18-17-19-22-34)44(56)47-24-26-50(10)11/h17-19,21-22,29-33,35-37,39-42H,16,20,23-28H2,1-15H3,(H,47,56)(H,48,55)(H,49,57)/t32-,33+,35-,36-,37+,39-,40-,41-,42?/m0/s1. The van der Waals surface area contributed by atoms with Gasteiger partial charge in [0.15, 0.2) is 0 Å². The van der Waals surface area contributed by atoms with Crippen molar-refractivity contribution in [1.29, 1.82) is 0 Å². The van der Waals surface area contributed by atoms with E-state index in [9.17, 15) is 24.0 Å². The van der Waals surface area contributed by atoms with E-state index in [0.29, 0.717) is 32.5 Å². The van der Waals surface area contributed by atoms with Gasteiger partial charge in [0, 0.05) is 53.4 Å². The monoisotopic (exact) mass is 844 g/mol. The predicted octanol–water partition coefficient (Wildman–Crippen LogP) is 3.82. The van der Waals surface area contributed by atoms with Crippen molar-refractivity contribution in [3.63, 3.8) is 0 Å². The molecule has 1 fully saturated rings. The quantitative estimate of drug-likeness (QED) is 0.134. The maximum atomic E-state index is 14.4. The number of likely N-dealkylation sites (N-methyl/N-ethyl adjacent to an activating group) is 3. The lowest BCUT2D eigenvalue weighted by atomic mass is 9.89. The molecule has 0 aliphatic carbocycles. The number of likely N-dealkylation sites (tertiary alicyclic amines) is 1. The van der Waals surface area contributed by atoms with Gasteiger partial charge in [-0.2, -0.15) is 0 Å². The molecule has 0 bridgehead atoms. The Morgan fingerprint density at radius 2 is 1.47 bits per heavy atom. The lowest BCUT2D eigenvalue weighted by Crippen LogP contribution is -2.60. The van der Waals surface area contributed by atoms with Crippen molar-refractivity contribution in [2.75, 3.05) is 62.0 Å². The van der Waals surface area contributed by atoms with Crippen LogP contribution in [0.15, 0.2) is 30.3 Å². The molecule has 14 nitrogen and oxygen atoms in total. The normalized spacial score (nSPS) is 18.5. The third-order valence-electron chi connectivity index (χ3n) is 12.4. The van der Waals surface area contributed by atoms with Crippen LogP contribution in [0.4, 0.5) is 0 Å². The minimum Gasteiger partial charge on any atom is -0.379 e. The van der Waals surface area contributed by atoms with Crippen LogP contribution in [0.1, 0.15) is 93.6 Å². The Labute approximate surface area is 362 Å². The lowest BCUT2D eigenvalue weighted by molar-refractivity contribution is -0.148. The van der Waals surface area contributed by atoms with Gasteiger partial charge in [-0.25, -0.2) is 0 Å². The van der Waals surface area contributed by atoms with Crippen LogP contribution in [0.3, 0.4) is 0 Å². The number of carbonyl (C=O) groups excluding carboxylic acids is 5. The maximum absolute atomic E-state index is 14.4. The van der Waals surface area contributed by atoms with Crippen molar-refractivity contribution in [1.82, 2.24) is 35.6 Å². The van der Waals surface area contributed by atoms with Crippen molar-refractivity contribution in [2.45, 2.75) is 143 Å². The van der Waals surface area contributed by atoms with Crippen LogP contribution in [-0.4, -0.2) is 160 Å². The topological polar surface area (TPSA) is 153 Å². The largest absolute Gasteiger partial charge is 0.379 e. The van der Waals surface area contributed by atoms with Crippen LogP contribution < -0.4 is 16.0 Å². The first-order valence-electron chi connectivity index (χ1n) is 22.1. The minimum absolute atomic E-state index is 0.0101. The highest BCUT2D eigenvalue weighted by Crippen LogP contribution is 2.30. The maximum Gasteiger partial charge on any atom is 0.245 e. The predicted molar refractivity (Wildman–Crippen MR) is 238 cm³/mol. The molecular weight excluding hydrogens is 763 g/mol. The molecule has 14 heteroatoms. The van der Waals surface area contributed by atoms with Gasteiger partial charge in [-0.15, -0.1) is 0 Å². The summed E-state index contributed by atoms with van der Waals surface area (Å²) in [7, 11) is 10.6. The first-order valence-corrected chi connectivity index (χ1v) is 22.1. The summed E-state index contributed by atoms with van der Waals surface area (Å²) in [6.45, 7) is 19.4. The Morgan fingerprint density at radius 1 is 0.833 bits per heavy atom. The summed E-state index contributed by atoms with van der Waals surface area (Å²) in [5, 5.41) is 9.06. The average Bonchev–Trinajstić information content (AvgIpc) is 3.68. The first kappa shape index (κ1) is 52.5. The number of benzene rings is 1. The SMILES string of the molecule is CC[C@H](C)[C@@H]([C@@H](CC(=O)N1CCC[C@H]1C(OC)[C@@H](C)C(=O)N[C@@H](Cc1ccccc1)C(=O)NCCN(C)C)OC)N(C)C(=O)[C@@H](NC(=O)[C@H](C(C)C)N(C)C(C)C)C(C)C. The van der Waals surface area contributed by atoms with E-state index in [0.717, 1.165) is 18.4 Å². The van der Waals surface area contributed by atoms with Crippen LogP contribution in [-0.2, 0) is 39.9 Å². The number of rotatable bonds is 25. The first-order chi connectivity index (χ1) is 28.2. The molecule has 5 amide bonds. The third kappa shape index (κ3) is 14.8. The molecule has 0 spiro atoms. The third-order valence-corrected chi connectivity index (χ3v) is 12.4. The highest BCUT2D eigenvalue weighted by molar-refractivity contribution is 5.91. The molecule has 1 aliphatic heterocycles.